The Morgan fingerprint density at radius 3 is 2.32 bits per heavy atom. The van der Waals surface area contributed by atoms with Crippen molar-refractivity contribution in [1.29, 1.82) is 0 Å². The Morgan fingerprint density at radius 2 is 1.65 bits per heavy atom. The van der Waals surface area contributed by atoms with Crippen LogP contribution in [0.25, 0.3) is 0 Å². The molecule has 3 aliphatic rings. The van der Waals surface area contributed by atoms with Gasteiger partial charge >= 0.3 is 0 Å². The lowest BCUT2D eigenvalue weighted by atomic mass is 9.95. The second-order valence-corrected chi connectivity index (χ2v) is 11.4. The molecule has 8 heteroatoms. The molecule has 1 aliphatic heterocycles. The van der Waals surface area contributed by atoms with Gasteiger partial charge in [0, 0.05) is 31.1 Å². The van der Waals surface area contributed by atoms with Crippen LogP contribution in [0, 0.1) is 5.92 Å². The van der Waals surface area contributed by atoms with Crippen molar-refractivity contribution in [2.75, 3.05) is 27.3 Å². The molecule has 2 aromatic carbocycles. The number of sulfonamides is 1. The fourth-order valence-corrected chi connectivity index (χ4v) is 6.93. The predicted octanol–water partition coefficient (Wildman–Crippen LogP) is 3.78. The number of carbonyl (C=O) groups is 1. The van der Waals surface area contributed by atoms with Gasteiger partial charge in [-0.1, -0.05) is 24.3 Å². The van der Waals surface area contributed by atoms with E-state index in [-0.39, 0.29) is 22.8 Å². The summed E-state index contributed by atoms with van der Waals surface area (Å²) >= 11 is 0. The van der Waals surface area contributed by atoms with E-state index >= 15 is 0 Å². The lowest BCUT2D eigenvalue weighted by molar-refractivity contribution is -0.140. The smallest absolute Gasteiger partial charge is 0.243 e. The van der Waals surface area contributed by atoms with E-state index in [0.29, 0.717) is 43.5 Å². The number of nitrogens with zero attached hydrogens (tertiary/aromatic N) is 2. The molecule has 1 unspecified atom stereocenters. The molecule has 1 saturated carbocycles. The maximum Gasteiger partial charge on any atom is 0.243 e. The fourth-order valence-electron chi connectivity index (χ4n) is 5.44. The summed E-state index contributed by atoms with van der Waals surface area (Å²) in [6.07, 6.45) is 5.22. The van der Waals surface area contributed by atoms with Gasteiger partial charge in [-0.2, -0.15) is 4.31 Å². The zero-order valence-electron chi connectivity index (χ0n) is 19.8. The van der Waals surface area contributed by atoms with Crippen LogP contribution in [0.5, 0.6) is 11.5 Å². The van der Waals surface area contributed by atoms with Gasteiger partial charge in [-0.15, -0.1) is 0 Å². The third kappa shape index (κ3) is 4.18. The summed E-state index contributed by atoms with van der Waals surface area (Å²) < 4.78 is 38.5. The van der Waals surface area contributed by atoms with E-state index in [9.17, 15) is 13.2 Å². The van der Waals surface area contributed by atoms with E-state index in [2.05, 4.69) is 29.2 Å². The van der Waals surface area contributed by atoms with E-state index < -0.39 is 10.0 Å². The molecule has 7 nitrogen and oxygen atoms in total. The quantitative estimate of drug-likeness (QED) is 0.598. The molecule has 0 aromatic heterocycles. The minimum atomic E-state index is -3.68. The Balaban J connectivity index is 1.29. The molecule has 182 valence electrons. The fraction of sp³-hybridized carbons (Fsp3) is 0.500. The van der Waals surface area contributed by atoms with Crippen LogP contribution in [0.4, 0.5) is 0 Å². The summed E-state index contributed by atoms with van der Waals surface area (Å²) in [6, 6.07) is 13.6. The molecule has 1 heterocycles. The third-order valence-electron chi connectivity index (χ3n) is 7.43. The first-order valence-corrected chi connectivity index (χ1v) is 13.5. The van der Waals surface area contributed by atoms with Crippen LogP contribution < -0.4 is 9.47 Å². The number of hydrogen-bond acceptors (Lipinski definition) is 5. The third-order valence-corrected chi connectivity index (χ3v) is 9.32. The van der Waals surface area contributed by atoms with E-state index in [4.69, 9.17) is 9.47 Å². The van der Waals surface area contributed by atoms with Crippen LogP contribution in [0.15, 0.2) is 47.4 Å². The van der Waals surface area contributed by atoms with Gasteiger partial charge in [0.25, 0.3) is 0 Å². The number of amides is 1. The molecule has 1 saturated heterocycles. The number of ether oxygens (including phenoxy) is 2. The minimum absolute atomic E-state index is 0.134. The molecular weight excluding hydrogens is 452 g/mol. The van der Waals surface area contributed by atoms with Crippen LogP contribution in [-0.4, -0.2) is 56.9 Å². The molecule has 1 atom stereocenters. The second kappa shape index (κ2) is 9.23. The Labute approximate surface area is 201 Å². The zero-order chi connectivity index (χ0) is 23.9. The number of hydrogen-bond donors (Lipinski definition) is 0. The van der Waals surface area contributed by atoms with Gasteiger partial charge in [0.05, 0.1) is 25.2 Å². The molecule has 5 rings (SSSR count). The Kier molecular flexibility index (Phi) is 6.29. The zero-order valence-corrected chi connectivity index (χ0v) is 20.6. The maximum absolute atomic E-state index is 13.7. The van der Waals surface area contributed by atoms with Crippen molar-refractivity contribution in [3.05, 3.63) is 53.6 Å². The molecule has 0 N–H and O–H groups in total. The average Bonchev–Trinajstić information content (AvgIpc) is 3.62. The van der Waals surface area contributed by atoms with E-state index in [1.807, 2.05) is 0 Å². The van der Waals surface area contributed by atoms with Gasteiger partial charge in [0.15, 0.2) is 11.5 Å². The Morgan fingerprint density at radius 1 is 0.941 bits per heavy atom. The first kappa shape index (κ1) is 23.2. The number of fused-ring (bicyclic) bond motifs is 1. The highest BCUT2D eigenvalue weighted by Crippen LogP contribution is 2.43. The summed E-state index contributed by atoms with van der Waals surface area (Å²) in [5.41, 5.74) is 2.64. The molecule has 1 amide bonds. The number of aryl methyl sites for hydroxylation is 1. The highest BCUT2D eigenvalue weighted by molar-refractivity contribution is 7.89. The van der Waals surface area contributed by atoms with Crippen molar-refractivity contribution < 1.29 is 22.7 Å². The van der Waals surface area contributed by atoms with Gasteiger partial charge in [-0.25, -0.2) is 8.42 Å². The largest absolute Gasteiger partial charge is 0.493 e. The topological polar surface area (TPSA) is 76.2 Å². The highest BCUT2D eigenvalue weighted by atomic mass is 32.2. The molecule has 34 heavy (non-hydrogen) atoms. The second-order valence-electron chi connectivity index (χ2n) is 9.43. The van der Waals surface area contributed by atoms with Crippen molar-refractivity contribution in [2.45, 2.75) is 55.5 Å². The van der Waals surface area contributed by atoms with Crippen molar-refractivity contribution >= 4 is 15.9 Å². The van der Waals surface area contributed by atoms with Crippen molar-refractivity contribution in [3.63, 3.8) is 0 Å². The SMILES string of the molecule is COc1ccc(S(=O)(=O)N2CCC(C(=O)N(C3CC3)C3CCc4ccccc43)CC2)cc1OC. The summed E-state index contributed by atoms with van der Waals surface area (Å²) in [4.78, 5) is 16.0. The molecule has 2 fully saturated rings. The normalized spacial score (nSPS) is 21.2. The van der Waals surface area contributed by atoms with Gasteiger partial charge in [-0.3, -0.25) is 4.79 Å². The van der Waals surface area contributed by atoms with Crippen LogP contribution in [-0.2, 0) is 21.2 Å². The predicted molar refractivity (Wildman–Crippen MR) is 128 cm³/mol. The van der Waals surface area contributed by atoms with Crippen molar-refractivity contribution in [3.8, 4) is 11.5 Å². The average molecular weight is 485 g/mol. The van der Waals surface area contributed by atoms with Crippen LogP contribution in [0.3, 0.4) is 0 Å². The number of benzene rings is 2. The molecule has 0 radical (unpaired) electrons. The number of carbonyl (C=O) groups excluding carboxylic acids is 1. The van der Waals surface area contributed by atoms with E-state index in [1.54, 1.807) is 12.1 Å². The van der Waals surface area contributed by atoms with E-state index in [0.717, 1.165) is 25.7 Å². The molecule has 0 bridgehead atoms. The molecule has 2 aromatic rings. The van der Waals surface area contributed by atoms with Crippen LogP contribution >= 0.6 is 0 Å². The van der Waals surface area contributed by atoms with Crippen molar-refractivity contribution in [2.24, 2.45) is 5.92 Å². The van der Waals surface area contributed by atoms with Crippen LogP contribution in [0.1, 0.15) is 49.3 Å². The monoisotopic (exact) mass is 484 g/mol. The number of rotatable bonds is 7. The maximum atomic E-state index is 13.7. The summed E-state index contributed by atoms with van der Waals surface area (Å²) in [5, 5.41) is 0. The van der Waals surface area contributed by atoms with Gasteiger partial charge in [-0.05, 0) is 61.8 Å². The van der Waals surface area contributed by atoms with Gasteiger partial charge in [0.1, 0.15) is 0 Å². The van der Waals surface area contributed by atoms with Gasteiger partial charge in [0.2, 0.25) is 15.9 Å². The van der Waals surface area contributed by atoms with E-state index in [1.165, 1.54) is 35.7 Å². The first-order chi connectivity index (χ1) is 16.4. The number of piperidine rings is 1. The summed E-state index contributed by atoms with van der Waals surface area (Å²) in [6.45, 7) is 0.680. The van der Waals surface area contributed by atoms with Gasteiger partial charge < -0.3 is 14.4 Å². The lowest BCUT2D eigenvalue weighted by Crippen LogP contribution is -2.45. The standard InChI is InChI=1S/C26H32N2O5S/c1-32-24-12-10-21(17-25(24)33-2)34(30,31)27-15-13-19(14-16-27)26(29)28(20-8-9-20)23-11-7-18-5-3-4-6-22(18)23/h3-6,10,12,17,19-20,23H,7-9,11,13-16H2,1-2H3. The Bertz CT molecular complexity index is 1170. The Hall–Kier alpha value is -2.58. The molecule has 2 aliphatic carbocycles. The molecule has 0 spiro atoms. The number of methoxy groups -OCH3 is 2. The van der Waals surface area contributed by atoms with Crippen LogP contribution in [0.2, 0.25) is 0 Å². The lowest BCUT2D eigenvalue weighted by Gasteiger charge is -2.36. The minimum Gasteiger partial charge on any atom is -0.493 e. The highest BCUT2D eigenvalue weighted by Gasteiger charge is 2.43. The first-order valence-electron chi connectivity index (χ1n) is 12.1. The van der Waals surface area contributed by atoms with Crippen molar-refractivity contribution in [1.82, 2.24) is 9.21 Å². The molecular formula is C26H32N2O5S. The summed E-state index contributed by atoms with van der Waals surface area (Å²) in [5.74, 6) is 0.933. The summed E-state index contributed by atoms with van der Waals surface area (Å²) in [7, 11) is -0.673.